The van der Waals surface area contributed by atoms with Crippen LogP contribution in [-0.4, -0.2) is 41.4 Å². The molecule has 1 amide bonds. The summed E-state index contributed by atoms with van der Waals surface area (Å²) in [7, 11) is 0. The number of nitrogens with zero attached hydrogens (tertiary/aromatic N) is 1. The van der Waals surface area contributed by atoms with Crippen LogP contribution >= 0.6 is 0 Å². The van der Waals surface area contributed by atoms with Gasteiger partial charge in [0.1, 0.15) is 0 Å². The minimum absolute atomic E-state index is 0.133. The Kier molecular flexibility index (Phi) is 3.76. The molecule has 1 aliphatic rings. The van der Waals surface area contributed by atoms with Crippen molar-refractivity contribution in [3.05, 3.63) is 17.7 Å². The maximum atomic E-state index is 12.5. The van der Waals surface area contributed by atoms with Crippen LogP contribution < -0.4 is 15.2 Å². The molecule has 1 aromatic rings. The molecule has 0 aromatic heterocycles. The van der Waals surface area contributed by atoms with E-state index in [1.807, 2.05) is 6.92 Å². The Bertz CT molecular complexity index is 523. The van der Waals surface area contributed by atoms with E-state index in [0.29, 0.717) is 29.3 Å². The monoisotopic (exact) mass is 280 g/mol. The lowest BCUT2D eigenvalue weighted by Gasteiger charge is -2.28. The van der Waals surface area contributed by atoms with E-state index in [1.165, 1.54) is 0 Å². The summed E-state index contributed by atoms with van der Waals surface area (Å²) in [5.41, 5.74) is 5.65. The number of likely N-dealkylation sites (N-methyl/N-ethyl adjacent to an activating group) is 1. The second kappa shape index (κ2) is 5.20. The molecule has 0 unspecified atom stereocenters. The largest absolute Gasteiger partial charge is 0.454 e. The van der Waals surface area contributed by atoms with E-state index in [1.54, 1.807) is 30.9 Å². The molecule has 1 heterocycles. The number of nitrogens with two attached hydrogens (primary N) is 1. The number of ether oxygens (including phenoxy) is 2. The van der Waals surface area contributed by atoms with Gasteiger partial charge in [-0.1, -0.05) is 0 Å². The standard InChI is InChI=1S/C14H20N2O4/c1-4-16(7-14(2,3)18)13(17)9-5-11-12(6-10(9)15)20-8-19-11/h5-6,18H,4,7-8,15H2,1-3H3. The van der Waals surface area contributed by atoms with Gasteiger partial charge in [0.25, 0.3) is 5.91 Å². The number of carbonyl (C=O) groups excluding carboxylic acids is 1. The van der Waals surface area contributed by atoms with E-state index < -0.39 is 5.60 Å². The molecule has 6 nitrogen and oxygen atoms in total. The minimum Gasteiger partial charge on any atom is -0.454 e. The van der Waals surface area contributed by atoms with Crippen LogP contribution in [0.15, 0.2) is 12.1 Å². The molecule has 110 valence electrons. The van der Waals surface area contributed by atoms with Gasteiger partial charge in [-0.2, -0.15) is 0 Å². The van der Waals surface area contributed by atoms with Gasteiger partial charge in [0.05, 0.1) is 11.2 Å². The average molecular weight is 280 g/mol. The molecule has 0 aliphatic carbocycles. The van der Waals surface area contributed by atoms with Crippen molar-refractivity contribution in [2.45, 2.75) is 26.4 Å². The fourth-order valence-electron chi connectivity index (χ4n) is 2.11. The number of amides is 1. The average Bonchev–Trinajstić information content (AvgIpc) is 2.80. The van der Waals surface area contributed by atoms with Crippen LogP contribution in [0.4, 0.5) is 5.69 Å². The number of hydrogen-bond donors (Lipinski definition) is 2. The Hall–Kier alpha value is -1.95. The highest BCUT2D eigenvalue weighted by atomic mass is 16.7. The zero-order valence-electron chi connectivity index (χ0n) is 12.0. The third-order valence-electron chi connectivity index (χ3n) is 3.02. The summed E-state index contributed by atoms with van der Waals surface area (Å²) in [6.45, 7) is 6.02. The normalized spacial score (nSPS) is 13.4. The molecular weight excluding hydrogens is 260 g/mol. The van der Waals surface area contributed by atoms with E-state index in [-0.39, 0.29) is 19.2 Å². The van der Waals surface area contributed by atoms with E-state index in [0.717, 1.165) is 0 Å². The summed E-state index contributed by atoms with van der Waals surface area (Å²) < 4.78 is 10.5. The highest BCUT2D eigenvalue weighted by Gasteiger charge is 2.26. The van der Waals surface area contributed by atoms with E-state index in [2.05, 4.69) is 0 Å². The van der Waals surface area contributed by atoms with Crippen LogP contribution in [-0.2, 0) is 0 Å². The Labute approximate surface area is 118 Å². The highest BCUT2D eigenvalue weighted by molar-refractivity contribution is 6.00. The Morgan fingerprint density at radius 3 is 2.55 bits per heavy atom. The lowest BCUT2D eigenvalue weighted by Crippen LogP contribution is -2.42. The van der Waals surface area contributed by atoms with Crippen molar-refractivity contribution in [3.63, 3.8) is 0 Å². The number of anilines is 1. The molecule has 0 radical (unpaired) electrons. The molecular formula is C14H20N2O4. The number of aliphatic hydroxyl groups is 1. The van der Waals surface area contributed by atoms with Crippen molar-refractivity contribution in [3.8, 4) is 11.5 Å². The second-order valence-electron chi connectivity index (χ2n) is 5.42. The number of carbonyl (C=O) groups is 1. The number of rotatable bonds is 4. The maximum absolute atomic E-state index is 12.5. The molecule has 2 rings (SSSR count). The quantitative estimate of drug-likeness (QED) is 0.810. The van der Waals surface area contributed by atoms with Gasteiger partial charge >= 0.3 is 0 Å². The molecule has 20 heavy (non-hydrogen) atoms. The van der Waals surface area contributed by atoms with Gasteiger partial charge in [-0.15, -0.1) is 0 Å². The van der Waals surface area contributed by atoms with Crippen LogP contribution in [0.3, 0.4) is 0 Å². The van der Waals surface area contributed by atoms with Gasteiger partial charge in [-0.3, -0.25) is 4.79 Å². The smallest absolute Gasteiger partial charge is 0.256 e. The van der Waals surface area contributed by atoms with Crippen molar-refractivity contribution in [1.29, 1.82) is 0 Å². The van der Waals surface area contributed by atoms with Crippen molar-refractivity contribution in [2.24, 2.45) is 0 Å². The Balaban J connectivity index is 2.28. The van der Waals surface area contributed by atoms with Crippen LogP contribution in [0.2, 0.25) is 0 Å². The summed E-state index contributed by atoms with van der Waals surface area (Å²) in [4.78, 5) is 14.1. The zero-order chi connectivity index (χ0) is 14.9. The van der Waals surface area contributed by atoms with E-state index >= 15 is 0 Å². The first kappa shape index (κ1) is 14.5. The van der Waals surface area contributed by atoms with Gasteiger partial charge in [0.2, 0.25) is 6.79 Å². The molecule has 0 bridgehead atoms. The molecule has 0 saturated heterocycles. The van der Waals surface area contributed by atoms with Gasteiger partial charge in [-0.05, 0) is 26.8 Å². The number of benzene rings is 1. The number of hydrogen-bond acceptors (Lipinski definition) is 5. The predicted octanol–water partition coefficient (Wildman–Crippen LogP) is 1.23. The molecule has 1 aliphatic heterocycles. The SMILES string of the molecule is CCN(CC(C)(C)O)C(=O)c1cc2c(cc1N)OCO2. The topological polar surface area (TPSA) is 85.0 Å². The summed E-state index contributed by atoms with van der Waals surface area (Å²) in [6, 6.07) is 3.18. The third-order valence-corrected chi connectivity index (χ3v) is 3.02. The van der Waals surface area contributed by atoms with Crippen LogP contribution in [0.1, 0.15) is 31.1 Å². The summed E-state index contributed by atoms with van der Waals surface area (Å²) >= 11 is 0. The van der Waals surface area contributed by atoms with Crippen molar-refractivity contribution < 1.29 is 19.4 Å². The molecule has 6 heteroatoms. The Morgan fingerprint density at radius 2 is 2.00 bits per heavy atom. The number of nitrogen functional groups attached to an aromatic ring is 1. The highest BCUT2D eigenvalue weighted by Crippen LogP contribution is 2.36. The Morgan fingerprint density at radius 1 is 1.40 bits per heavy atom. The molecule has 0 fully saturated rings. The van der Waals surface area contributed by atoms with Gasteiger partial charge in [-0.25, -0.2) is 0 Å². The summed E-state index contributed by atoms with van der Waals surface area (Å²) in [5.74, 6) is 0.830. The fraction of sp³-hybridized carbons (Fsp3) is 0.500. The lowest BCUT2D eigenvalue weighted by atomic mass is 10.1. The van der Waals surface area contributed by atoms with Crippen LogP contribution in [0, 0.1) is 0 Å². The second-order valence-corrected chi connectivity index (χ2v) is 5.42. The van der Waals surface area contributed by atoms with Crippen molar-refractivity contribution in [2.75, 3.05) is 25.6 Å². The number of fused-ring (bicyclic) bond motifs is 1. The molecule has 0 spiro atoms. The molecule has 3 N–H and O–H groups in total. The van der Waals surface area contributed by atoms with Crippen molar-refractivity contribution >= 4 is 11.6 Å². The first-order chi connectivity index (χ1) is 9.31. The van der Waals surface area contributed by atoms with Gasteiger partial charge in [0, 0.05) is 24.8 Å². The summed E-state index contributed by atoms with van der Waals surface area (Å²) in [6.07, 6.45) is 0. The molecule has 0 saturated carbocycles. The molecule has 0 atom stereocenters. The first-order valence-electron chi connectivity index (χ1n) is 6.52. The van der Waals surface area contributed by atoms with E-state index in [9.17, 15) is 9.90 Å². The fourth-order valence-corrected chi connectivity index (χ4v) is 2.11. The third kappa shape index (κ3) is 2.96. The van der Waals surface area contributed by atoms with Gasteiger partial charge in [0.15, 0.2) is 11.5 Å². The van der Waals surface area contributed by atoms with Crippen LogP contribution in [0.5, 0.6) is 11.5 Å². The predicted molar refractivity (Wildman–Crippen MR) is 74.9 cm³/mol. The maximum Gasteiger partial charge on any atom is 0.256 e. The molecule has 1 aromatic carbocycles. The zero-order valence-corrected chi connectivity index (χ0v) is 12.0. The van der Waals surface area contributed by atoms with Crippen LogP contribution in [0.25, 0.3) is 0 Å². The first-order valence-corrected chi connectivity index (χ1v) is 6.52. The van der Waals surface area contributed by atoms with Crippen molar-refractivity contribution in [1.82, 2.24) is 4.90 Å². The van der Waals surface area contributed by atoms with Gasteiger partial charge < -0.3 is 25.2 Å². The minimum atomic E-state index is -0.962. The lowest BCUT2D eigenvalue weighted by molar-refractivity contribution is 0.0315. The van der Waals surface area contributed by atoms with E-state index in [4.69, 9.17) is 15.2 Å². The summed E-state index contributed by atoms with van der Waals surface area (Å²) in [5, 5.41) is 9.87.